The summed E-state index contributed by atoms with van der Waals surface area (Å²) in [5, 5.41) is 11.4. The molecule has 0 unspecified atom stereocenters. The topological polar surface area (TPSA) is 20.2 Å². The first kappa shape index (κ1) is 18.0. The van der Waals surface area contributed by atoms with Gasteiger partial charge in [-0.25, -0.2) is 0 Å². The van der Waals surface area contributed by atoms with E-state index in [1.165, 1.54) is 44.9 Å². The van der Waals surface area contributed by atoms with Crippen molar-refractivity contribution >= 4 is 0 Å². The van der Waals surface area contributed by atoms with E-state index >= 15 is 0 Å². The van der Waals surface area contributed by atoms with Crippen LogP contribution in [0, 0.1) is 35.0 Å². The van der Waals surface area contributed by atoms with E-state index in [1.807, 2.05) is 0 Å². The molecule has 0 amide bonds. The molecule has 0 spiro atoms. The fraction of sp³-hybridized carbons (Fsp3) is 0.692. The van der Waals surface area contributed by atoms with Gasteiger partial charge in [-0.2, -0.15) is 0 Å². The van der Waals surface area contributed by atoms with Crippen LogP contribution in [0.25, 0.3) is 0 Å². The van der Waals surface area contributed by atoms with E-state index in [-0.39, 0.29) is 0 Å². The number of hydrogen-bond donors (Lipinski definition) is 1. The van der Waals surface area contributed by atoms with Crippen LogP contribution in [0.4, 0.5) is 0 Å². The van der Waals surface area contributed by atoms with Crippen LogP contribution in [-0.4, -0.2) is 5.11 Å². The summed E-state index contributed by atoms with van der Waals surface area (Å²) in [7, 11) is 0. The number of fused-ring (bicyclic) bond motifs is 5. The predicted octanol–water partition coefficient (Wildman–Crippen LogP) is 6.47. The Balaban J connectivity index is 1.36. The minimum atomic E-state index is -0.579. The van der Waals surface area contributed by atoms with Gasteiger partial charge in [-0.1, -0.05) is 48.9 Å². The number of rotatable bonds is 1. The van der Waals surface area contributed by atoms with Gasteiger partial charge in [0.05, 0.1) is 5.60 Å². The molecule has 4 saturated carbocycles. The second-order valence-corrected chi connectivity index (χ2v) is 10.4. The summed E-state index contributed by atoms with van der Waals surface area (Å²) >= 11 is 0. The van der Waals surface area contributed by atoms with Crippen molar-refractivity contribution < 1.29 is 5.11 Å². The van der Waals surface area contributed by atoms with Crippen molar-refractivity contribution in [3.63, 3.8) is 0 Å². The lowest BCUT2D eigenvalue weighted by atomic mass is 9.49. The summed E-state index contributed by atoms with van der Waals surface area (Å²) in [5.74, 6) is 4.41. The van der Waals surface area contributed by atoms with Gasteiger partial charge < -0.3 is 5.11 Å². The zero-order chi connectivity index (χ0) is 18.6. The Kier molecular flexibility index (Phi) is 4.31. The maximum absolute atomic E-state index is 11.4. The number of allylic oxidation sites excluding steroid dienone is 2. The van der Waals surface area contributed by atoms with Crippen LogP contribution in [0.1, 0.15) is 77.2 Å². The highest BCUT2D eigenvalue weighted by Crippen LogP contribution is 2.64. The molecule has 4 aliphatic rings. The Labute approximate surface area is 165 Å². The monoisotopic (exact) mass is 364 g/mol. The lowest BCUT2D eigenvalue weighted by Crippen LogP contribution is -2.49. The highest BCUT2D eigenvalue weighted by atomic mass is 16.3. The molecule has 1 nitrogen and oxygen atoms in total. The molecular weight excluding hydrogens is 328 g/mol. The molecule has 0 aromatic heterocycles. The molecule has 0 bridgehead atoms. The average Bonchev–Trinajstić information content (AvgIpc) is 3.04. The summed E-state index contributed by atoms with van der Waals surface area (Å²) in [6.07, 6.45) is 14.0. The lowest BCUT2D eigenvalue weighted by molar-refractivity contribution is -0.100. The van der Waals surface area contributed by atoms with E-state index in [0.717, 1.165) is 48.0 Å². The van der Waals surface area contributed by atoms with Gasteiger partial charge in [-0.05, 0) is 105 Å². The molecule has 1 aromatic rings. The summed E-state index contributed by atoms with van der Waals surface area (Å²) in [6, 6.07) is 10.5. The van der Waals surface area contributed by atoms with Crippen LogP contribution in [0.2, 0.25) is 0 Å². The highest BCUT2D eigenvalue weighted by molar-refractivity contribution is 5.25. The first-order chi connectivity index (χ1) is 13.0. The molecule has 4 fully saturated rings. The fourth-order valence-corrected chi connectivity index (χ4v) is 8.21. The first-order valence-electron chi connectivity index (χ1n) is 11.5. The van der Waals surface area contributed by atoms with Crippen LogP contribution in [-0.2, 0) is 5.60 Å². The first-order valence-corrected chi connectivity index (χ1v) is 11.5. The molecule has 27 heavy (non-hydrogen) atoms. The lowest BCUT2D eigenvalue weighted by Gasteiger charge is -2.56. The van der Waals surface area contributed by atoms with Gasteiger partial charge in [-0.15, -0.1) is 0 Å². The Bertz CT molecular complexity index is 721. The number of aliphatic hydroxyl groups is 1. The van der Waals surface area contributed by atoms with Crippen LogP contribution in [0.15, 0.2) is 42.0 Å². The van der Waals surface area contributed by atoms with Gasteiger partial charge in [0, 0.05) is 0 Å². The van der Waals surface area contributed by atoms with E-state index in [0.29, 0.717) is 5.41 Å². The van der Waals surface area contributed by atoms with Crippen molar-refractivity contribution in [2.75, 3.05) is 0 Å². The molecular formula is C26H36O. The third-order valence-electron chi connectivity index (χ3n) is 9.52. The molecule has 1 aromatic carbocycles. The summed E-state index contributed by atoms with van der Waals surface area (Å²) in [6.45, 7) is 4.84. The fourth-order valence-electron chi connectivity index (χ4n) is 8.21. The third kappa shape index (κ3) is 2.68. The minimum absolute atomic E-state index is 0.502. The van der Waals surface area contributed by atoms with Crippen molar-refractivity contribution in [1.82, 2.24) is 0 Å². The van der Waals surface area contributed by atoms with Crippen molar-refractivity contribution in [2.24, 2.45) is 35.0 Å². The van der Waals surface area contributed by atoms with E-state index < -0.39 is 5.60 Å². The highest BCUT2D eigenvalue weighted by Gasteiger charge is 2.56. The number of benzene rings is 1. The SMILES string of the molecule is C/C=C1/CC[C@H]2[C@@H]3CC[C@@H]4C[C@](O)(c5ccccc5)CC[C@@H]4[C@H]3CC[C@]12C. The van der Waals surface area contributed by atoms with E-state index in [2.05, 4.69) is 50.3 Å². The van der Waals surface area contributed by atoms with Crippen LogP contribution in [0.3, 0.4) is 0 Å². The van der Waals surface area contributed by atoms with Gasteiger partial charge >= 0.3 is 0 Å². The molecule has 1 heteroatoms. The minimum Gasteiger partial charge on any atom is -0.385 e. The summed E-state index contributed by atoms with van der Waals surface area (Å²) in [5.41, 5.74) is 2.83. The Morgan fingerprint density at radius 1 is 0.926 bits per heavy atom. The van der Waals surface area contributed by atoms with Crippen molar-refractivity contribution in [2.45, 2.75) is 77.2 Å². The Morgan fingerprint density at radius 2 is 1.70 bits per heavy atom. The molecule has 0 saturated heterocycles. The van der Waals surface area contributed by atoms with E-state index in [1.54, 1.807) is 5.57 Å². The van der Waals surface area contributed by atoms with E-state index in [9.17, 15) is 5.11 Å². The van der Waals surface area contributed by atoms with Gasteiger partial charge in [-0.3, -0.25) is 0 Å². The molecule has 0 heterocycles. The Morgan fingerprint density at radius 3 is 2.48 bits per heavy atom. The zero-order valence-corrected chi connectivity index (χ0v) is 17.2. The predicted molar refractivity (Wildman–Crippen MR) is 111 cm³/mol. The molecule has 0 aliphatic heterocycles. The Hall–Kier alpha value is -1.08. The van der Waals surface area contributed by atoms with Gasteiger partial charge in [0.1, 0.15) is 0 Å². The van der Waals surface area contributed by atoms with Gasteiger partial charge in [0.2, 0.25) is 0 Å². The van der Waals surface area contributed by atoms with E-state index in [4.69, 9.17) is 0 Å². The maximum Gasteiger partial charge on any atom is 0.0899 e. The zero-order valence-electron chi connectivity index (χ0n) is 17.2. The smallest absolute Gasteiger partial charge is 0.0899 e. The van der Waals surface area contributed by atoms with Crippen LogP contribution in [0.5, 0.6) is 0 Å². The molecule has 1 N–H and O–H groups in total. The van der Waals surface area contributed by atoms with Gasteiger partial charge in [0.25, 0.3) is 0 Å². The molecule has 4 aliphatic carbocycles. The molecule has 5 rings (SSSR count). The molecule has 0 radical (unpaired) electrons. The summed E-state index contributed by atoms with van der Waals surface area (Å²) < 4.78 is 0. The van der Waals surface area contributed by atoms with Crippen LogP contribution < -0.4 is 0 Å². The number of hydrogen-bond acceptors (Lipinski definition) is 1. The van der Waals surface area contributed by atoms with Gasteiger partial charge in [0.15, 0.2) is 0 Å². The molecule has 146 valence electrons. The van der Waals surface area contributed by atoms with Crippen molar-refractivity contribution in [1.29, 1.82) is 0 Å². The molecule has 7 atom stereocenters. The van der Waals surface area contributed by atoms with Crippen LogP contribution >= 0.6 is 0 Å². The maximum atomic E-state index is 11.4. The third-order valence-corrected chi connectivity index (χ3v) is 9.52. The van der Waals surface area contributed by atoms with Crippen molar-refractivity contribution in [3.05, 3.63) is 47.5 Å². The largest absolute Gasteiger partial charge is 0.385 e. The normalized spacial score (nSPS) is 48.0. The second kappa shape index (κ2) is 6.48. The average molecular weight is 365 g/mol. The standard InChI is InChI=1S/C26H36O/c1-3-19-10-12-24-23-11-9-18-17-26(27,20-7-5-4-6-8-20)16-14-21(18)22(23)13-15-25(19,24)2/h3-8,18,21-24,27H,9-17H2,1-2H3/b19-3-/t18-,21+,22-,23-,24+,25-,26+/m1/s1. The van der Waals surface area contributed by atoms with Crippen molar-refractivity contribution in [3.8, 4) is 0 Å². The second-order valence-electron chi connectivity index (χ2n) is 10.4. The summed E-state index contributed by atoms with van der Waals surface area (Å²) in [4.78, 5) is 0. The quantitative estimate of drug-likeness (QED) is 0.566.